The lowest BCUT2D eigenvalue weighted by Gasteiger charge is -2.33. The second kappa shape index (κ2) is 9.29. The van der Waals surface area contributed by atoms with Crippen LogP contribution in [0.1, 0.15) is 36.5 Å². The zero-order valence-electron chi connectivity index (χ0n) is 21.4. The Kier molecular flexibility index (Phi) is 6.22. The number of nitrogens with one attached hydrogen (secondary N) is 1. The number of carbonyl (C=O) groups is 1. The molecule has 0 radical (unpaired) electrons. The van der Waals surface area contributed by atoms with Crippen LogP contribution in [0.15, 0.2) is 78.2 Å². The zero-order chi connectivity index (χ0) is 27.2. The molecule has 1 atom stereocenters. The number of H-pyrrole nitrogens is 1. The molecule has 1 N–H and O–H groups in total. The lowest BCUT2D eigenvalue weighted by Crippen LogP contribution is -2.42. The smallest absolute Gasteiger partial charge is 0.337 e. The molecule has 1 aromatic carbocycles. The summed E-state index contributed by atoms with van der Waals surface area (Å²) >= 11 is 0. The average Bonchev–Trinajstić information content (AvgIpc) is 3.53. The first-order valence-corrected chi connectivity index (χ1v) is 13.6. The average molecular weight is 533 g/mol. The standard InChI is InChI=1S/C28H28N4O5S/c1-5-6-9-19-10-7-8-12-28(19,2)38(35,36)32-13-11-20-22(16-29-26(33)25(20)32)21-14-18(27(34)37-4)15-23-24(21)30-17-31(23)3/h5,7-8,10-11,13-17H,1,6,9,12H2,2-4H3,(H,29,33). The molecule has 5 rings (SSSR count). The Labute approximate surface area is 219 Å². The topological polar surface area (TPSA) is 116 Å². The van der Waals surface area contributed by atoms with Crippen molar-refractivity contribution < 1.29 is 17.9 Å². The van der Waals surface area contributed by atoms with Gasteiger partial charge in [0, 0.05) is 36.0 Å². The van der Waals surface area contributed by atoms with Crippen LogP contribution in [0.5, 0.6) is 0 Å². The third-order valence-corrected chi connectivity index (χ3v) is 9.70. The summed E-state index contributed by atoms with van der Waals surface area (Å²) in [7, 11) is -0.950. The van der Waals surface area contributed by atoms with Crippen molar-refractivity contribution in [2.75, 3.05) is 7.11 Å². The summed E-state index contributed by atoms with van der Waals surface area (Å²) in [6.07, 6.45) is 13.3. The number of benzene rings is 1. The number of pyridine rings is 1. The molecular formula is C28H28N4O5S. The molecule has 10 heteroatoms. The number of ether oxygens (including phenoxy) is 1. The maximum Gasteiger partial charge on any atom is 0.337 e. The van der Waals surface area contributed by atoms with E-state index in [1.54, 1.807) is 42.1 Å². The van der Waals surface area contributed by atoms with Crippen LogP contribution in [0, 0.1) is 0 Å². The first kappa shape index (κ1) is 25.5. The maximum absolute atomic E-state index is 14.2. The summed E-state index contributed by atoms with van der Waals surface area (Å²) in [5.74, 6) is -0.521. The van der Waals surface area contributed by atoms with Gasteiger partial charge in [0.2, 0.25) is 10.0 Å². The van der Waals surface area contributed by atoms with Gasteiger partial charge >= 0.3 is 5.97 Å². The van der Waals surface area contributed by atoms with Gasteiger partial charge in [0.05, 0.1) is 30.0 Å². The number of nitrogens with zero attached hydrogens (tertiary/aromatic N) is 3. The van der Waals surface area contributed by atoms with Crippen LogP contribution in [0.3, 0.4) is 0 Å². The van der Waals surface area contributed by atoms with Crippen molar-refractivity contribution in [3.63, 3.8) is 0 Å². The molecule has 38 heavy (non-hydrogen) atoms. The van der Waals surface area contributed by atoms with Gasteiger partial charge in [0.15, 0.2) is 0 Å². The highest BCUT2D eigenvalue weighted by Gasteiger charge is 2.44. The Morgan fingerprint density at radius 3 is 2.84 bits per heavy atom. The van der Waals surface area contributed by atoms with E-state index in [-0.39, 0.29) is 11.9 Å². The van der Waals surface area contributed by atoms with Crippen LogP contribution >= 0.6 is 0 Å². The lowest BCUT2D eigenvalue weighted by molar-refractivity contribution is 0.0601. The normalized spacial score (nSPS) is 17.6. The fraction of sp³-hybridized carbons (Fsp3) is 0.250. The van der Waals surface area contributed by atoms with Gasteiger partial charge in [-0.2, -0.15) is 0 Å². The van der Waals surface area contributed by atoms with Crippen molar-refractivity contribution in [1.29, 1.82) is 0 Å². The Morgan fingerprint density at radius 2 is 2.11 bits per heavy atom. The molecule has 0 aliphatic heterocycles. The molecule has 0 saturated carbocycles. The number of allylic oxidation sites excluding steroid dienone is 4. The zero-order valence-corrected chi connectivity index (χ0v) is 22.2. The van der Waals surface area contributed by atoms with E-state index in [0.717, 1.165) is 9.55 Å². The Morgan fingerprint density at radius 1 is 1.32 bits per heavy atom. The SMILES string of the molecule is C=CCCC1=CC=CCC1(C)S(=O)(=O)n1ccc2c(-c3cc(C(=O)OC)cc4c3ncn4C)c[nH]c(=O)c21. The second-order valence-corrected chi connectivity index (χ2v) is 11.8. The van der Waals surface area contributed by atoms with Crippen LogP contribution < -0.4 is 5.56 Å². The van der Waals surface area contributed by atoms with Crippen molar-refractivity contribution in [2.45, 2.75) is 30.9 Å². The van der Waals surface area contributed by atoms with E-state index in [4.69, 9.17) is 4.74 Å². The van der Waals surface area contributed by atoms with Crippen molar-refractivity contribution in [1.82, 2.24) is 18.5 Å². The monoisotopic (exact) mass is 532 g/mol. The van der Waals surface area contributed by atoms with Gasteiger partial charge in [-0.05, 0) is 50.0 Å². The lowest BCUT2D eigenvalue weighted by atomic mass is 9.89. The minimum absolute atomic E-state index is 0.00824. The molecule has 0 fully saturated rings. The Balaban J connectivity index is 1.75. The minimum atomic E-state index is -4.06. The van der Waals surface area contributed by atoms with E-state index in [1.807, 2.05) is 25.3 Å². The summed E-state index contributed by atoms with van der Waals surface area (Å²) in [5, 5.41) is 0.429. The van der Waals surface area contributed by atoms with E-state index in [9.17, 15) is 18.0 Å². The van der Waals surface area contributed by atoms with Crippen LogP contribution in [0.2, 0.25) is 0 Å². The highest BCUT2D eigenvalue weighted by atomic mass is 32.2. The molecule has 0 spiro atoms. The van der Waals surface area contributed by atoms with E-state index in [1.165, 1.54) is 19.5 Å². The number of fused-ring (bicyclic) bond motifs is 2. The third kappa shape index (κ3) is 3.75. The molecule has 3 aromatic heterocycles. The number of methoxy groups -OCH3 is 1. The predicted molar refractivity (Wildman–Crippen MR) is 148 cm³/mol. The van der Waals surface area contributed by atoms with E-state index in [0.29, 0.717) is 46.0 Å². The molecular weight excluding hydrogens is 504 g/mol. The predicted octanol–water partition coefficient (Wildman–Crippen LogP) is 4.46. The Bertz CT molecular complexity index is 1840. The number of aromatic amines is 1. The highest BCUT2D eigenvalue weighted by molar-refractivity contribution is 7.91. The van der Waals surface area contributed by atoms with Gasteiger partial charge in [-0.3, -0.25) is 4.79 Å². The van der Waals surface area contributed by atoms with Gasteiger partial charge in [-0.15, -0.1) is 6.58 Å². The van der Waals surface area contributed by atoms with Crippen LogP contribution in [0.4, 0.5) is 0 Å². The summed E-state index contributed by atoms with van der Waals surface area (Å²) in [6, 6.07) is 4.94. The fourth-order valence-electron chi connectivity index (χ4n) is 5.11. The van der Waals surface area contributed by atoms with Crippen molar-refractivity contribution in [3.05, 3.63) is 89.3 Å². The summed E-state index contributed by atoms with van der Waals surface area (Å²) in [4.78, 5) is 32.8. The van der Waals surface area contributed by atoms with Gasteiger partial charge < -0.3 is 14.3 Å². The number of imidazole rings is 1. The molecule has 3 heterocycles. The van der Waals surface area contributed by atoms with Gasteiger partial charge in [0.25, 0.3) is 5.56 Å². The van der Waals surface area contributed by atoms with E-state index < -0.39 is 26.3 Å². The fourth-order valence-corrected chi connectivity index (χ4v) is 7.00. The number of rotatable bonds is 7. The number of aromatic nitrogens is 4. The molecule has 1 unspecified atom stereocenters. The molecule has 9 nitrogen and oxygen atoms in total. The van der Waals surface area contributed by atoms with Crippen molar-refractivity contribution in [3.8, 4) is 11.1 Å². The first-order valence-electron chi connectivity index (χ1n) is 12.1. The van der Waals surface area contributed by atoms with Gasteiger partial charge in [-0.25, -0.2) is 22.2 Å². The van der Waals surface area contributed by atoms with Gasteiger partial charge in [0.1, 0.15) is 10.3 Å². The number of hydrogen-bond acceptors (Lipinski definition) is 6. The van der Waals surface area contributed by atoms with E-state index in [2.05, 4.69) is 16.5 Å². The molecule has 196 valence electrons. The summed E-state index contributed by atoms with van der Waals surface area (Å²) in [6.45, 7) is 5.46. The maximum atomic E-state index is 14.2. The minimum Gasteiger partial charge on any atom is -0.465 e. The number of esters is 1. The third-order valence-electron chi connectivity index (χ3n) is 7.31. The van der Waals surface area contributed by atoms with Crippen LogP contribution in [-0.4, -0.2) is 44.8 Å². The molecule has 1 aliphatic rings. The summed E-state index contributed by atoms with van der Waals surface area (Å²) < 4.78 is 34.9. The van der Waals surface area contributed by atoms with Crippen LogP contribution in [-0.2, 0) is 21.8 Å². The molecule has 0 amide bonds. The molecule has 0 saturated heterocycles. The number of aryl methyl sites for hydroxylation is 1. The largest absolute Gasteiger partial charge is 0.465 e. The quantitative estimate of drug-likeness (QED) is 0.278. The number of hydrogen-bond donors (Lipinski definition) is 1. The molecule has 4 aromatic rings. The number of carbonyl (C=O) groups excluding carboxylic acids is 1. The van der Waals surface area contributed by atoms with Crippen molar-refractivity contribution >= 4 is 37.9 Å². The Hall–Kier alpha value is -4.18. The van der Waals surface area contributed by atoms with E-state index >= 15 is 0 Å². The first-order chi connectivity index (χ1) is 18.1. The molecule has 1 aliphatic carbocycles. The van der Waals surface area contributed by atoms with Crippen molar-refractivity contribution in [2.24, 2.45) is 7.05 Å². The van der Waals surface area contributed by atoms with Crippen LogP contribution in [0.25, 0.3) is 33.1 Å². The second-order valence-electron chi connectivity index (χ2n) is 9.53. The highest BCUT2D eigenvalue weighted by Crippen LogP contribution is 2.40. The summed E-state index contributed by atoms with van der Waals surface area (Å²) in [5.41, 5.74) is 2.94. The molecule has 0 bridgehead atoms. The van der Waals surface area contributed by atoms with Gasteiger partial charge in [-0.1, -0.05) is 24.3 Å².